The Morgan fingerprint density at radius 1 is 0.833 bits per heavy atom. The molecule has 0 bridgehead atoms. The van der Waals surface area contributed by atoms with Crippen LogP contribution >= 0.6 is 0 Å². The van der Waals surface area contributed by atoms with E-state index < -0.39 is 0 Å². The van der Waals surface area contributed by atoms with Gasteiger partial charge in [0.15, 0.2) is 0 Å². The Morgan fingerprint density at radius 2 is 1.62 bits per heavy atom. The van der Waals surface area contributed by atoms with Gasteiger partial charge in [-0.25, -0.2) is 0 Å². The highest BCUT2D eigenvalue weighted by Crippen LogP contribution is 2.23. The summed E-state index contributed by atoms with van der Waals surface area (Å²) in [6.07, 6.45) is 2.02. The minimum absolute atomic E-state index is 0.0466. The van der Waals surface area contributed by atoms with Crippen molar-refractivity contribution in [2.75, 3.05) is 0 Å². The molecule has 2 heterocycles. The van der Waals surface area contributed by atoms with Crippen molar-refractivity contribution in [1.82, 2.24) is 9.55 Å². The molecule has 0 fully saturated rings. The summed E-state index contributed by atoms with van der Waals surface area (Å²) in [6, 6.07) is 24.5. The Bertz CT molecular complexity index is 973. The number of benzene rings is 2. The summed E-state index contributed by atoms with van der Waals surface area (Å²) in [5, 5.41) is 10.7. The molecule has 2 aromatic heterocycles. The zero-order chi connectivity index (χ0) is 16.4. The van der Waals surface area contributed by atoms with Crippen molar-refractivity contribution in [3.8, 4) is 11.3 Å². The number of para-hydroxylation sites is 1. The van der Waals surface area contributed by atoms with Gasteiger partial charge >= 0.3 is 0 Å². The fourth-order valence-corrected chi connectivity index (χ4v) is 3.09. The molecular formula is C21H18N2O. The summed E-state index contributed by atoms with van der Waals surface area (Å²) >= 11 is 0. The Kier molecular flexibility index (Phi) is 3.85. The molecule has 0 amide bonds. The lowest BCUT2D eigenvalue weighted by atomic mass is 10.1. The van der Waals surface area contributed by atoms with Crippen LogP contribution in [-0.2, 0) is 13.2 Å². The SMILES string of the molecule is OCc1cn(Cc2cccc(-c3ccccc3)n2)c2ccccc12. The number of hydrogen-bond acceptors (Lipinski definition) is 2. The van der Waals surface area contributed by atoms with Crippen molar-refractivity contribution in [2.45, 2.75) is 13.2 Å². The monoisotopic (exact) mass is 314 g/mol. The van der Waals surface area contributed by atoms with E-state index in [1.54, 1.807) is 0 Å². The van der Waals surface area contributed by atoms with E-state index in [-0.39, 0.29) is 6.61 Å². The number of aliphatic hydroxyl groups is 1. The summed E-state index contributed by atoms with van der Waals surface area (Å²) in [5.74, 6) is 0. The van der Waals surface area contributed by atoms with Crippen LogP contribution in [0.15, 0.2) is 79.0 Å². The number of aromatic nitrogens is 2. The minimum atomic E-state index is 0.0466. The predicted molar refractivity (Wildman–Crippen MR) is 96.6 cm³/mol. The smallest absolute Gasteiger partial charge is 0.0706 e. The van der Waals surface area contributed by atoms with Gasteiger partial charge < -0.3 is 9.67 Å². The zero-order valence-corrected chi connectivity index (χ0v) is 13.3. The first-order chi connectivity index (χ1) is 11.8. The number of nitrogens with zero attached hydrogens (tertiary/aromatic N) is 2. The number of hydrogen-bond donors (Lipinski definition) is 1. The zero-order valence-electron chi connectivity index (χ0n) is 13.3. The molecule has 4 rings (SSSR count). The van der Waals surface area contributed by atoms with Gasteiger partial charge in [0.1, 0.15) is 0 Å². The Labute approximate surface area is 140 Å². The van der Waals surface area contributed by atoms with Crippen LogP contribution < -0.4 is 0 Å². The van der Waals surface area contributed by atoms with Gasteiger partial charge in [-0.2, -0.15) is 0 Å². The summed E-state index contributed by atoms with van der Waals surface area (Å²) in [5.41, 5.74) is 5.17. The maximum atomic E-state index is 9.58. The van der Waals surface area contributed by atoms with E-state index in [4.69, 9.17) is 4.98 Å². The highest BCUT2D eigenvalue weighted by molar-refractivity contribution is 5.83. The molecule has 0 atom stereocenters. The van der Waals surface area contributed by atoms with Gasteiger partial charge in [-0.15, -0.1) is 0 Å². The number of pyridine rings is 1. The van der Waals surface area contributed by atoms with Crippen LogP contribution in [0.4, 0.5) is 0 Å². The molecule has 1 N–H and O–H groups in total. The first kappa shape index (κ1) is 14.7. The molecule has 0 aliphatic rings. The fourth-order valence-electron chi connectivity index (χ4n) is 3.09. The third-order valence-electron chi connectivity index (χ3n) is 4.25. The first-order valence-electron chi connectivity index (χ1n) is 8.04. The van der Waals surface area contributed by atoms with Gasteiger partial charge in [-0.3, -0.25) is 4.98 Å². The van der Waals surface area contributed by atoms with Crippen molar-refractivity contribution in [2.24, 2.45) is 0 Å². The Morgan fingerprint density at radius 3 is 2.46 bits per heavy atom. The summed E-state index contributed by atoms with van der Waals surface area (Å²) in [4.78, 5) is 4.80. The number of rotatable bonds is 4. The van der Waals surface area contributed by atoms with Gasteiger partial charge in [0.2, 0.25) is 0 Å². The highest BCUT2D eigenvalue weighted by Gasteiger charge is 2.08. The van der Waals surface area contributed by atoms with Crippen molar-refractivity contribution in [1.29, 1.82) is 0 Å². The van der Waals surface area contributed by atoms with Gasteiger partial charge in [0.25, 0.3) is 0 Å². The minimum Gasteiger partial charge on any atom is -0.392 e. The van der Waals surface area contributed by atoms with Crippen LogP contribution in [0.1, 0.15) is 11.3 Å². The molecular weight excluding hydrogens is 296 g/mol. The highest BCUT2D eigenvalue weighted by atomic mass is 16.3. The molecule has 4 aromatic rings. The van der Waals surface area contributed by atoms with Crippen LogP contribution in [0, 0.1) is 0 Å². The molecule has 3 heteroatoms. The largest absolute Gasteiger partial charge is 0.392 e. The fraction of sp³-hybridized carbons (Fsp3) is 0.0952. The average Bonchev–Trinajstić information content (AvgIpc) is 3.01. The maximum Gasteiger partial charge on any atom is 0.0706 e. The number of aliphatic hydroxyl groups excluding tert-OH is 1. The lowest BCUT2D eigenvalue weighted by Crippen LogP contribution is -2.01. The normalized spacial score (nSPS) is 11.0. The topological polar surface area (TPSA) is 38.0 Å². The summed E-state index contributed by atoms with van der Waals surface area (Å²) in [6.45, 7) is 0.728. The molecule has 0 aliphatic heterocycles. The molecule has 0 spiro atoms. The second-order valence-electron chi connectivity index (χ2n) is 5.84. The second kappa shape index (κ2) is 6.30. The van der Waals surface area contributed by atoms with Gasteiger partial charge in [-0.1, -0.05) is 54.6 Å². The Hall–Kier alpha value is -2.91. The van der Waals surface area contributed by atoms with Crippen molar-refractivity contribution >= 4 is 10.9 Å². The lowest BCUT2D eigenvalue weighted by molar-refractivity contribution is 0.283. The van der Waals surface area contributed by atoms with E-state index in [1.165, 1.54) is 0 Å². The van der Waals surface area contributed by atoms with Crippen molar-refractivity contribution in [3.05, 3.63) is 90.3 Å². The van der Waals surface area contributed by atoms with E-state index in [0.717, 1.165) is 33.4 Å². The third kappa shape index (κ3) is 2.70. The van der Waals surface area contributed by atoms with E-state index in [0.29, 0.717) is 6.54 Å². The lowest BCUT2D eigenvalue weighted by Gasteiger charge is -2.07. The van der Waals surface area contributed by atoms with Crippen LogP contribution in [0.2, 0.25) is 0 Å². The maximum absolute atomic E-state index is 9.58. The molecule has 3 nitrogen and oxygen atoms in total. The van der Waals surface area contributed by atoms with Gasteiger partial charge in [0, 0.05) is 28.2 Å². The van der Waals surface area contributed by atoms with Crippen LogP contribution in [-0.4, -0.2) is 14.7 Å². The van der Waals surface area contributed by atoms with Crippen LogP contribution in [0.5, 0.6) is 0 Å². The molecule has 118 valence electrons. The predicted octanol–water partition coefficient (Wildman–Crippen LogP) is 4.24. The van der Waals surface area contributed by atoms with Crippen LogP contribution in [0.25, 0.3) is 22.2 Å². The quantitative estimate of drug-likeness (QED) is 0.612. The van der Waals surface area contributed by atoms with E-state index in [2.05, 4.69) is 22.8 Å². The molecule has 0 radical (unpaired) electrons. The van der Waals surface area contributed by atoms with E-state index in [9.17, 15) is 5.11 Å². The first-order valence-corrected chi connectivity index (χ1v) is 8.04. The van der Waals surface area contributed by atoms with E-state index in [1.807, 2.05) is 60.8 Å². The molecule has 0 unspecified atom stereocenters. The molecule has 0 aliphatic carbocycles. The third-order valence-corrected chi connectivity index (χ3v) is 4.25. The number of fused-ring (bicyclic) bond motifs is 1. The summed E-state index contributed by atoms with van der Waals surface area (Å²) < 4.78 is 2.15. The van der Waals surface area contributed by atoms with Gasteiger partial charge in [0.05, 0.1) is 24.5 Å². The average molecular weight is 314 g/mol. The molecule has 2 aromatic carbocycles. The molecule has 24 heavy (non-hydrogen) atoms. The van der Waals surface area contributed by atoms with Gasteiger partial charge in [-0.05, 0) is 18.2 Å². The standard InChI is InChI=1S/C21H18N2O/c24-15-17-13-23(21-12-5-4-10-19(17)21)14-18-9-6-11-20(22-18)16-7-2-1-3-8-16/h1-13,24H,14-15H2. The summed E-state index contributed by atoms with van der Waals surface area (Å²) in [7, 11) is 0. The van der Waals surface area contributed by atoms with Crippen molar-refractivity contribution in [3.63, 3.8) is 0 Å². The molecule has 0 saturated carbocycles. The molecule has 0 saturated heterocycles. The van der Waals surface area contributed by atoms with Crippen LogP contribution in [0.3, 0.4) is 0 Å². The van der Waals surface area contributed by atoms with E-state index >= 15 is 0 Å². The second-order valence-corrected chi connectivity index (χ2v) is 5.84. The van der Waals surface area contributed by atoms with Crippen molar-refractivity contribution < 1.29 is 5.11 Å². The Balaban J connectivity index is 1.72.